The highest BCUT2D eigenvalue weighted by atomic mass is 35.5. The highest BCUT2D eigenvalue weighted by Gasteiger charge is 2.46. The average Bonchev–Trinajstić information content (AvgIpc) is 2.77. The van der Waals surface area contributed by atoms with Crippen molar-refractivity contribution in [2.24, 2.45) is 0 Å². The van der Waals surface area contributed by atoms with E-state index in [2.05, 4.69) is 0 Å². The number of aliphatic carboxylic acids is 1. The number of carboxylic acid groups (broad SMARTS) is 1. The zero-order chi connectivity index (χ0) is 16.6. The number of aryl methyl sites for hydroxylation is 1. The molecular formula is C17H14ClFO3S. The van der Waals surface area contributed by atoms with Gasteiger partial charge in [-0.3, -0.25) is 0 Å². The van der Waals surface area contributed by atoms with Crippen molar-refractivity contribution in [2.75, 3.05) is 12.4 Å². The average molecular weight is 353 g/mol. The second-order valence-corrected chi connectivity index (χ2v) is 6.39. The van der Waals surface area contributed by atoms with Crippen LogP contribution in [0.3, 0.4) is 0 Å². The van der Waals surface area contributed by atoms with E-state index in [1.165, 1.54) is 0 Å². The van der Waals surface area contributed by atoms with Gasteiger partial charge in [-0.25, -0.2) is 4.79 Å². The number of rotatable bonds is 5. The second-order valence-electron chi connectivity index (χ2n) is 5.48. The zero-order valence-corrected chi connectivity index (χ0v) is 13.9. The number of fused-ring (bicyclic) bond motifs is 3. The van der Waals surface area contributed by atoms with Gasteiger partial charge in [0.05, 0.1) is 5.75 Å². The van der Waals surface area contributed by atoms with Crippen LogP contribution >= 0.6 is 23.7 Å². The number of carbonyl (C=O) groups is 1. The minimum Gasteiger partial charge on any atom is -0.480 e. The van der Waals surface area contributed by atoms with Crippen LogP contribution < -0.4 is 0 Å². The summed E-state index contributed by atoms with van der Waals surface area (Å²) < 4.78 is 19.0. The Morgan fingerprint density at radius 3 is 2.78 bits per heavy atom. The molecule has 1 aliphatic rings. The summed E-state index contributed by atoms with van der Waals surface area (Å²) in [6.45, 7) is 1.37. The summed E-state index contributed by atoms with van der Waals surface area (Å²) in [7, 11) is 0. The smallest absolute Gasteiger partial charge is 0.329 e. The second kappa shape index (κ2) is 6.15. The van der Waals surface area contributed by atoms with Crippen LogP contribution in [-0.4, -0.2) is 23.4 Å². The maximum atomic E-state index is 13.3. The predicted molar refractivity (Wildman–Crippen MR) is 89.6 cm³/mol. The van der Waals surface area contributed by atoms with E-state index in [1.54, 1.807) is 0 Å². The molecule has 0 bridgehead atoms. The van der Waals surface area contributed by atoms with Gasteiger partial charge in [0, 0.05) is 22.7 Å². The lowest BCUT2D eigenvalue weighted by molar-refractivity contribution is -0.146. The third-order valence-electron chi connectivity index (χ3n) is 4.00. The van der Waals surface area contributed by atoms with Crippen molar-refractivity contribution in [1.82, 2.24) is 0 Å². The van der Waals surface area contributed by atoms with Crippen molar-refractivity contribution in [3.05, 3.63) is 58.1 Å². The summed E-state index contributed by atoms with van der Waals surface area (Å²) >= 11 is 6.55. The standard InChI is InChI=1S/C17H14ClFO3S/c1-10-6-13-16(14(18)7-10)11-4-2-3-5-12(11)17(13,9-23-19)22-8-15(20)21/h2-7H,8-9H2,1H3,(H,20,21). The molecule has 0 heterocycles. The number of hydrogen-bond acceptors (Lipinski definition) is 3. The third-order valence-corrected chi connectivity index (χ3v) is 4.81. The number of hydrogen-bond donors (Lipinski definition) is 1. The maximum absolute atomic E-state index is 13.3. The summed E-state index contributed by atoms with van der Waals surface area (Å²) in [5.41, 5.74) is 2.86. The highest BCUT2D eigenvalue weighted by molar-refractivity contribution is 7.94. The molecule has 2 aromatic rings. The number of halogens is 2. The molecule has 0 saturated heterocycles. The van der Waals surface area contributed by atoms with Gasteiger partial charge in [0.1, 0.15) is 12.2 Å². The molecule has 0 spiro atoms. The lowest BCUT2D eigenvalue weighted by atomic mass is 9.92. The van der Waals surface area contributed by atoms with Crippen LogP contribution in [0.1, 0.15) is 16.7 Å². The lowest BCUT2D eigenvalue weighted by Crippen LogP contribution is -2.34. The Morgan fingerprint density at radius 2 is 2.09 bits per heavy atom. The van der Waals surface area contributed by atoms with Crippen molar-refractivity contribution >= 4 is 29.7 Å². The fraction of sp³-hybridized carbons (Fsp3) is 0.235. The van der Waals surface area contributed by atoms with E-state index in [1.807, 2.05) is 43.3 Å². The van der Waals surface area contributed by atoms with Gasteiger partial charge in [0.2, 0.25) is 0 Å². The minimum absolute atomic E-state index is 0.0376. The largest absolute Gasteiger partial charge is 0.480 e. The van der Waals surface area contributed by atoms with E-state index < -0.39 is 18.2 Å². The van der Waals surface area contributed by atoms with E-state index >= 15 is 0 Å². The van der Waals surface area contributed by atoms with Crippen LogP contribution in [0.4, 0.5) is 3.89 Å². The Labute approximate surface area is 142 Å². The quantitative estimate of drug-likeness (QED) is 0.854. The van der Waals surface area contributed by atoms with Crippen molar-refractivity contribution < 1.29 is 18.5 Å². The normalized spacial score (nSPS) is 18.6. The summed E-state index contributed by atoms with van der Waals surface area (Å²) in [4.78, 5) is 11.0. The van der Waals surface area contributed by atoms with Gasteiger partial charge in [-0.15, -0.1) is 0 Å². The van der Waals surface area contributed by atoms with Crippen molar-refractivity contribution in [3.8, 4) is 11.1 Å². The monoisotopic (exact) mass is 352 g/mol. The molecule has 1 N–H and O–H groups in total. The van der Waals surface area contributed by atoms with E-state index in [-0.39, 0.29) is 17.9 Å². The van der Waals surface area contributed by atoms with Gasteiger partial charge in [0.15, 0.2) is 0 Å². The highest BCUT2D eigenvalue weighted by Crippen LogP contribution is 2.53. The van der Waals surface area contributed by atoms with Crippen molar-refractivity contribution in [2.45, 2.75) is 12.5 Å². The van der Waals surface area contributed by atoms with Gasteiger partial charge in [-0.2, -0.15) is 3.89 Å². The molecule has 1 aliphatic carbocycles. The Balaban J connectivity index is 2.28. The molecule has 1 unspecified atom stereocenters. The van der Waals surface area contributed by atoms with Crippen LogP contribution in [0.5, 0.6) is 0 Å². The van der Waals surface area contributed by atoms with E-state index in [0.717, 1.165) is 27.8 Å². The van der Waals surface area contributed by atoms with Crippen LogP contribution in [0.25, 0.3) is 11.1 Å². The number of benzene rings is 2. The molecule has 0 radical (unpaired) electrons. The first-order valence-electron chi connectivity index (χ1n) is 6.99. The predicted octanol–water partition coefficient (Wildman–Crippen LogP) is 4.59. The summed E-state index contributed by atoms with van der Waals surface area (Å²) in [5, 5.41) is 9.56. The number of carboxylic acids is 1. The molecule has 23 heavy (non-hydrogen) atoms. The minimum atomic E-state index is -1.15. The molecule has 0 fully saturated rings. The third kappa shape index (κ3) is 2.63. The van der Waals surface area contributed by atoms with Crippen LogP contribution in [0.2, 0.25) is 5.02 Å². The maximum Gasteiger partial charge on any atom is 0.329 e. The van der Waals surface area contributed by atoms with E-state index in [4.69, 9.17) is 21.4 Å². The molecule has 0 aliphatic heterocycles. The Morgan fingerprint density at radius 1 is 1.35 bits per heavy atom. The molecule has 120 valence electrons. The fourth-order valence-corrected chi connectivity index (χ4v) is 4.07. The van der Waals surface area contributed by atoms with Crippen LogP contribution in [0.15, 0.2) is 36.4 Å². The van der Waals surface area contributed by atoms with Gasteiger partial charge < -0.3 is 9.84 Å². The molecule has 2 aromatic carbocycles. The first-order valence-corrected chi connectivity index (χ1v) is 8.26. The topological polar surface area (TPSA) is 46.5 Å². The van der Waals surface area contributed by atoms with E-state index in [9.17, 15) is 8.68 Å². The summed E-state index contributed by atoms with van der Waals surface area (Å²) in [6, 6.07) is 11.2. The Kier molecular flexibility index (Phi) is 4.36. The Hall–Kier alpha value is -1.56. The van der Waals surface area contributed by atoms with Crippen LogP contribution in [0, 0.1) is 6.92 Å². The van der Waals surface area contributed by atoms with Gasteiger partial charge in [0.25, 0.3) is 0 Å². The molecule has 0 amide bonds. The lowest BCUT2D eigenvalue weighted by Gasteiger charge is -2.30. The first kappa shape index (κ1) is 16.3. The molecule has 6 heteroatoms. The molecular weight excluding hydrogens is 339 g/mol. The molecule has 3 rings (SSSR count). The number of ether oxygens (including phenoxy) is 1. The molecule has 0 saturated carbocycles. The van der Waals surface area contributed by atoms with Crippen LogP contribution in [-0.2, 0) is 15.1 Å². The summed E-state index contributed by atoms with van der Waals surface area (Å²) in [5.74, 6) is -1.14. The van der Waals surface area contributed by atoms with E-state index in [0.29, 0.717) is 5.02 Å². The van der Waals surface area contributed by atoms with Gasteiger partial charge in [-0.1, -0.05) is 41.9 Å². The fourth-order valence-electron chi connectivity index (χ4n) is 3.15. The van der Waals surface area contributed by atoms with Crippen molar-refractivity contribution in [3.63, 3.8) is 0 Å². The zero-order valence-electron chi connectivity index (χ0n) is 12.3. The molecule has 0 aromatic heterocycles. The summed E-state index contributed by atoms with van der Waals surface area (Å²) in [6.07, 6.45) is 0. The first-order chi connectivity index (χ1) is 11.0. The SMILES string of the molecule is Cc1cc(Cl)c2c(c1)C(CSF)(OCC(=O)O)c1ccccc1-2. The van der Waals surface area contributed by atoms with Gasteiger partial charge in [-0.05, 0) is 35.2 Å². The van der Waals surface area contributed by atoms with Gasteiger partial charge >= 0.3 is 5.97 Å². The van der Waals surface area contributed by atoms with Crippen molar-refractivity contribution in [1.29, 1.82) is 0 Å². The molecule has 1 atom stereocenters. The Bertz CT molecular complexity index is 780. The molecule has 3 nitrogen and oxygen atoms in total.